The maximum Gasteiger partial charge on any atom is 0.246 e. The van der Waals surface area contributed by atoms with E-state index in [2.05, 4.69) is 15.6 Å². The van der Waals surface area contributed by atoms with Crippen LogP contribution < -0.4 is 10.6 Å². The van der Waals surface area contributed by atoms with Crippen LogP contribution >= 0.6 is 0 Å². The van der Waals surface area contributed by atoms with Gasteiger partial charge in [-0.15, -0.1) is 0 Å². The lowest BCUT2D eigenvalue weighted by Gasteiger charge is -2.34. The average molecular weight is 493 g/mol. The fourth-order valence-corrected chi connectivity index (χ4v) is 7.20. The highest BCUT2D eigenvalue weighted by molar-refractivity contribution is 6.00. The van der Waals surface area contributed by atoms with E-state index >= 15 is 0 Å². The molecule has 36 heavy (non-hydrogen) atoms. The average Bonchev–Trinajstić information content (AvgIpc) is 3.53. The van der Waals surface area contributed by atoms with Crippen molar-refractivity contribution in [3.05, 3.63) is 42.2 Å². The molecule has 6 rings (SSSR count). The van der Waals surface area contributed by atoms with Gasteiger partial charge in [-0.3, -0.25) is 19.4 Å². The largest absolute Gasteiger partial charge is 0.359 e. The summed E-state index contributed by atoms with van der Waals surface area (Å²) in [6, 6.07) is 3.19. The Bertz CT molecular complexity index is 1030. The zero-order valence-corrected chi connectivity index (χ0v) is 20.7. The van der Waals surface area contributed by atoms with Crippen molar-refractivity contribution in [2.75, 3.05) is 0 Å². The molecule has 0 unspecified atom stereocenters. The molecule has 8 nitrogen and oxygen atoms in total. The van der Waals surface area contributed by atoms with Crippen LogP contribution in [-0.4, -0.2) is 57.4 Å². The summed E-state index contributed by atoms with van der Waals surface area (Å²) in [4.78, 5) is 47.2. The number of rotatable bonds is 6. The van der Waals surface area contributed by atoms with Crippen molar-refractivity contribution in [2.24, 2.45) is 11.8 Å². The lowest BCUT2D eigenvalue weighted by Crippen LogP contribution is -2.56. The van der Waals surface area contributed by atoms with Gasteiger partial charge in [0.05, 0.1) is 17.9 Å². The molecule has 192 valence electrons. The van der Waals surface area contributed by atoms with E-state index in [1.54, 1.807) is 17.3 Å². The number of nitrogens with one attached hydrogen (secondary N) is 2. The Morgan fingerprint density at radius 3 is 2.31 bits per heavy atom. The van der Waals surface area contributed by atoms with E-state index in [-0.39, 0.29) is 36.3 Å². The van der Waals surface area contributed by atoms with Crippen LogP contribution in [0, 0.1) is 11.8 Å². The molecule has 1 spiro atoms. The molecule has 2 bridgehead atoms. The lowest BCUT2D eigenvalue weighted by molar-refractivity contribution is -0.142. The van der Waals surface area contributed by atoms with Crippen LogP contribution in [0.5, 0.6) is 0 Å². The number of aromatic nitrogens is 1. The molecule has 4 heterocycles. The number of likely N-dealkylation sites (tertiary alicyclic amines) is 1. The predicted octanol–water partition coefficient (Wildman–Crippen LogP) is 2.63. The summed E-state index contributed by atoms with van der Waals surface area (Å²) in [6.07, 6.45) is 17.4. The first kappa shape index (κ1) is 23.6. The number of hydrogen-bond acceptors (Lipinski definition) is 5. The van der Waals surface area contributed by atoms with Crippen LogP contribution in [0.4, 0.5) is 0 Å². The van der Waals surface area contributed by atoms with E-state index in [0.717, 1.165) is 56.9 Å². The highest BCUT2D eigenvalue weighted by Gasteiger charge is 2.72. The molecule has 8 heteroatoms. The van der Waals surface area contributed by atoms with E-state index in [1.165, 1.54) is 12.8 Å². The smallest absolute Gasteiger partial charge is 0.246 e. The molecule has 0 aromatic carbocycles. The third kappa shape index (κ3) is 4.03. The topological polar surface area (TPSA) is 101 Å². The summed E-state index contributed by atoms with van der Waals surface area (Å²) >= 11 is 0. The maximum atomic E-state index is 14.0. The van der Waals surface area contributed by atoms with Crippen LogP contribution in [0.25, 0.3) is 0 Å². The monoisotopic (exact) mass is 492 g/mol. The van der Waals surface area contributed by atoms with Crippen molar-refractivity contribution in [1.29, 1.82) is 0 Å². The van der Waals surface area contributed by atoms with Crippen molar-refractivity contribution in [3.63, 3.8) is 0 Å². The molecule has 5 atom stereocenters. The summed E-state index contributed by atoms with van der Waals surface area (Å²) in [5.41, 5.74) is -0.267. The first-order valence-electron chi connectivity index (χ1n) is 13.7. The molecule has 2 aliphatic carbocycles. The fourth-order valence-electron chi connectivity index (χ4n) is 7.20. The summed E-state index contributed by atoms with van der Waals surface area (Å²) in [5, 5.41) is 6.45. The second-order valence-electron chi connectivity index (χ2n) is 11.2. The third-order valence-electron chi connectivity index (χ3n) is 8.90. The number of ether oxygens (including phenoxy) is 1. The normalized spacial score (nSPS) is 34.1. The number of pyridine rings is 1. The van der Waals surface area contributed by atoms with Gasteiger partial charge in [0, 0.05) is 31.0 Å². The first-order chi connectivity index (χ1) is 17.6. The van der Waals surface area contributed by atoms with E-state index in [9.17, 15) is 14.4 Å². The Hall–Kier alpha value is -2.74. The van der Waals surface area contributed by atoms with Crippen molar-refractivity contribution in [3.8, 4) is 0 Å². The number of amides is 3. The second-order valence-corrected chi connectivity index (χ2v) is 11.2. The van der Waals surface area contributed by atoms with Crippen LogP contribution in [-0.2, 0) is 25.7 Å². The Kier molecular flexibility index (Phi) is 6.32. The molecule has 2 saturated carbocycles. The predicted molar refractivity (Wildman–Crippen MR) is 132 cm³/mol. The maximum absolute atomic E-state index is 14.0. The fraction of sp³-hybridized carbons (Fsp3) is 0.643. The molecule has 1 aromatic rings. The minimum absolute atomic E-state index is 0.116. The number of carbonyl (C=O) groups is 3. The van der Waals surface area contributed by atoms with Crippen molar-refractivity contribution in [2.45, 2.75) is 101 Å². The van der Waals surface area contributed by atoms with Gasteiger partial charge in [0.15, 0.2) is 0 Å². The van der Waals surface area contributed by atoms with Gasteiger partial charge in [0.2, 0.25) is 17.7 Å². The van der Waals surface area contributed by atoms with Crippen molar-refractivity contribution < 1.29 is 19.1 Å². The quantitative estimate of drug-likeness (QED) is 0.595. The highest BCUT2D eigenvalue weighted by atomic mass is 16.5. The minimum atomic E-state index is -1.11. The number of carbonyl (C=O) groups excluding carboxylic acids is 3. The molecule has 1 aromatic heterocycles. The zero-order valence-electron chi connectivity index (χ0n) is 20.7. The number of fused-ring (bicyclic) bond motifs is 1. The molecule has 3 amide bonds. The van der Waals surface area contributed by atoms with Gasteiger partial charge in [-0.2, -0.15) is 0 Å². The number of nitrogens with zero attached hydrogens (tertiary/aromatic N) is 2. The lowest BCUT2D eigenvalue weighted by atomic mass is 9.74. The molecule has 5 aliphatic rings. The Morgan fingerprint density at radius 2 is 1.67 bits per heavy atom. The zero-order chi connectivity index (χ0) is 24.7. The number of hydrogen-bond donors (Lipinski definition) is 2. The van der Waals surface area contributed by atoms with Crippen LogP contribution in [0.1, 0.15) is 69.8 Å². The molecule has 2 N–H and O–H groups in total. The van der Waals surface area contributed by atoms with Gasteiger partial charge in [-0.1, -0.05) is 56.7 Å². The SMILES string of the molecule is O=C(NC1CCCCC1)[C@H]1[C@H]2C=C[C@]3(O2)[C@H]1C(=O)N(Cc1cccnc1)[C@@H]3C(=O)NC1CCCCC1. The third-order valence-corrected chi connectivity index (χ3v) is 8.90. The van der Waals surface area contributed by atoms with E-state index in [1.807, 2.05) is 24.3 Å². The summed E-state index contributed by atoms with van der Waals surface area (Å²) in [5.74, 6) is -1.80. The van der Waals surface area contributed by atoms with E-state index < -0.39 is 29.6 Å². The first-order valence-corrected chi connectivity index (χ1v) is 13.7. The molecular formula is C28H36N4O4. The summed E-state index contributed by atoms with van der Waals surface area (Å²) in [6.45, 7) is 0.256. The van der Waals surface area contributed by atoms with E-state index in [4.69, 9.17) is 4.74 Å². The molecule has 4 fully saturated rings. The highest BCUT2D eigenvalue weighted by Crippen LogP contribution is 2.55. The summed E-state index contributed by atoms with van der Waals surface area (Å²) < 4.78 is 6.46. The Labute approximate surface area is 212 Å². The Balaban J connectivity index is 1.30. The second kappa shape index (κ2) is 9.61. The van der Waals surface area contributed by atoms with Gasteiger partial charge in [-0.05, 0) is 37.3 Å². The van der Waals surface area contributed by atoms with Crippen molar-refractivity contribution in [1.82, 2.24) is 20.5 Å². The van der Waals surface area contributed by atoms with Gasteiger partial charge < -0.3 is 20.3 Å². The molecule has 0 radical (unpaired) electrons. The van der Waals surface area contributed by atoms with Crippen LogP contribution in [0.15, 0.2) is 36.7 Å². The minimum Gasteiger partial charge on any atom is -0.359 e. The van der Waals surface area contributed by atoms with Crippen molar-refractivity contribution >= 4 is 17.7 Å². The van der Waals surface area contributed by atoms with Crippen LogP contribution in [0.2, 0.25) is 0 Å². The van der Waals surface area contributed by atoms with Gasteiger partial charge in [-0.25, -0.2) is 0 Å². The van der Waals surface area contributed by atoms with Crippen LogP contribution in [0.3, 0.4) is 0 Å². The van der Waals surface area contributed by atoms with Gasteiger partial charge in [0.25, 0.3) is 0 Å². The van der Waals surface area contributed by atoms with Gasteiger partial charge in [0.1, 0.15) is 11.6 Å². The van der Waals surface area contributed by atoms with Gasteiger partial charge >= 0.3 is 0 Å². The molecule has 2 saturated heterocycles. The molecular weight excluding hydrogens is 456 g/mol. The molecule has 3 aliphatic heterocycles. The Morgan fingerprint density at radius 1 is 1.00 bits per heavy atom. The van der Waals surface area contributed by atoms with E-state index in [0.29, 0.717) is 0 Å². The standard InChI is InChI=1S/C28H36N4O4/c33-25(30-19-9-3-1-4-10-19)22-21-13-14-28(36-21)23(22)27(35)32(17-18-8-7-15-29-16-18)24(28)26(34)31-20-11-5-2-6-12-20/h7-8,13-16,19-24H,1-6,9-12,17H2,(H,30,33)(H,31,34)/t21-,22+,23-,24-,28+/m1/s1. The summed E-state index contributed by atoms with van der Waals surface area (Å²) in [7, 11) is 0.